The van der Waals surface area contributed by atoms with Crippen LogP contribution in [0.2, 0.25) is 20.1 Å². The van der Waals surface area contributed by atoms with Crippen molar-refractivity contribution in [3.8, 4) is 0 Å². The molecule has 2 unspecified atom stereocenters. The molecule has 1 N–H and O–H groups in total. The summed E-state index contributed by atoms with van der Waals surface area (Å²) in [6.07, 6.45) is 0.107. The van der Waals surface area contributed by atoms with E-state index in [2.05, 4.69) is 20.6 Å². The number of fused-ring (bicyclic) bond motifs is 1. The fourth-order valence-electron chi connectivity index (χ4n) is 4.90. The van der Waals surface area contributed by atoms with Crippen LogP contribution in [0.25, 0.3) is 10.8 Å². The Morgan fingerprint density at radius 1 is 0.814 bits per heavy atom. The fourth-order valence-corrected chi connectivity index (χ4v) is 6.05. The summed E-state index contributed by atoms with van der Waals surface area (Å²) in [5.74, 6) is -1.59. The number of amidine groups is 1. The van der Waals surface area contributed by atoms with Gasteiger partial charge in [-0.2, -0.15) is 10.2 Å². The maximum Gasteiger partial charge on any atom is 0.280 e. The van der Waals surface area contributed by atoms with Crippen LogP contribution in [0.5, 0.6) is 0 Å². The second kappa shape index (κ2) is 11.6. The number of nitrogens with zero attached hydrogens (tertiary/aromatic N) is 5. The Morgan fingerprint density at radius 3 is 2.26 bits per heavy atom. The van der Waals surface area contributed by atoms with E-state index in [1.807, 2.05) is 36.4 Å². The predicted octanol–water partition coefficient (Wildman–Crippen LogP) is 8.09. The van der Waals surface area contributed by atoms with Crippen molar-refractivity contribution in [3.63, 3.8) is 0 Å². The van der Waals surface area contributed by atoms with Crippen molar-refractivity contribution in [1.82, 2.24) is 5.43 Å². The van der Waals surface area contributed by atoms with E-state index in [0.29, 0.717) is 11.4 Å². The summed E-state index contributed by atoms with van der Waals surface area (Å²) in [6.45, 7) is 1.69. The SMILES string of the molecule is CC1CC(=O)N(c2ccc(Cl)c(N=C3NN(c4c(Cl)cc(Cl)cc4Cl)C(=O)C3N=Nc3cccc4ccccc34)c2)C1=O. The van der Waals surface area contributed by atoms with E-state index in [-0.39, 0.29) is 55.5 Å². The van der Waals surface area contributed by atoms with Gasteiger partial charge in [0.25, 0.3) is 5.91 Å². The molecule has 4 aromatic rings. The molecule has 3 amide bonds. The Kier molecular flexibility index (Phi) is 7.83. The van der Waals surface area contributed by atoms with Crippen LogP contribution in [0.4, 0.5) is 22.7 Å². The largest absolute Gasteiger partial charge is 0.280 e. The van der Waals surface area contributed by atoms with E-state index >= 15 is 0 Å². The molecule has 0 aliphatic carbocycles. The third-order valence-corrected chi connectivity index (χ3v) is 8.11. The van der Waals surface area contributed by atoms with Gasteiger partial charge in [0.15, 0.2) is 5.84 Å². The van der Waals surface area contributed by atoms with Crippen molar-refractivity contribution in [2.75, 3.05) is 9.91 Å². The Labute approximate surface area is 265 Å². The molecule has 2 aliphatic rings. The molecule has 4 aromatic carbocycles. The lowest BCUT2D eigenvalue weighted by atomic mass is 10.1. The third-order valence-electron chi connectivity index (χ3n) is 6.99. The molecule has 0 saturated carbocycles. The van der Waals surface area contributed by atoms with Crippen molar-refractivity contribution in [2.45, 2.75) is 19.4 Å². The summed E-state index contributed by atoms with van der Waals surface area (Å²) in [7, 11) is 0. The van der Waals surface area contributed by atoms with Gasteiger partial charge in [0, 0.05) is 22.7 Å². The maximum atomic E-state index is 13.8. The normalized spacial score (nSPS) is 19.8. The monoisotopic (exact) mass is 652 g/mol. The second-order valence-corrected chi connectivity index (χ2v) is 11.6. The molecule has 0 bridgehead atoms. The standard InChI is InChI=1S/C30H20Cl4N6O3/c1-15-11-25(41)39(29(15)42)18-9-10-20(32)24(14-18)35-28-26(37-36-23-8-4-6-16-5-2-3-7-19(16)23)30(43)40(38-28)27-21(33)12-17(31)13-22(27)34/h2-10,12-15,26H,11H2,1H3,(H,35,38). The predicted molar refractivity (Wildman–Crippen MR) is 169 cm³/mol. The van der Waals surface area contributed by atoms with Gasteiger partial charge in [0.2, 0.25) is 17.9 Å². The highest BCUT2D eigenvalue weighted by Gasteiger charge is 2.41. The first kappa shape index (κ1) is 29.1. The second-order valence-electron chi connectivity index (χ2n) is 9.93. The van der Waals surface area contributed by atoms with Gasteiger partial charge >= 0.3 is 0 Å². The van der Waals surface area contributed by atoms with Crippen LogP contribution in [0, 0.1) is 5.92 Å². The Bertz CT molecular complexity index is 1870. The van der Waals surface area contributed by atoms with E-state index in [1.54, 1.807) is 19.1 Å². The van der Waals surface area contributed by atoms with Crippen LogP contribution in [-0.2, 0) is 14.4 Å². The van der Waals surface area contributed by atoms with Gasteiger partial charge in [0.1, 0.15) is 5.69 Å². The average molecular weight is 654 g/mol. The van der Waals surface area contributed by atoms with Crippen LogP contribution in [0.1, 0.15) is 13.3 Å². The number of halogens is 4. The van der Waals surface area contributed by atoms with Gasteiger partial charge in [-0.1, -0.05) is 89.7 Å². The minimum atomic E-state index is -1.25. The first-order valence-corrected chi connectivity index (χ1v) is 14.5. The Morgan fingerprint density at radius 2 is 1.53 bits per heavy atom. The lowest BCUT2D eigenvalue weighted by molar-refractivity contribution is -0.122. The molecule has 13 heteroatoms. The van der Waals surface area contributed by atoms with E-state index in [4.69, 9.17) is 46.4 Å². The maximum absolute atomic E-state index is 13.8. The number of aliphatic imine (C=N–C) groups is 1. The number of hydrogen-bond acceptors (Lipinski definition) is 6. The first-order valence-electron chi connectivity index (χ1n) is 13.0. The molecule has 2 heterocycles. The number of imide groups is 1. The molecule has 9 nitrogen and oxygen atoms in total. The number of benzene rings is 4. The fraction of sp³-hybridized carbons (Fsp3) is 0.133. The summed E-state index contributed by atoms with van der Waals surface area (Å²) >= 11 is 25.5. The van der Waals surface area contributed by atoms with Crippen molar-refractivity contribution in [1.29, 1.82) is 0 Å². The van der Waals surface area contributed by atoms with E-state index in [9.17, 15) is 14.4 Å². The van der Waals surface area contributed by atoms with Crippen molar-refractivity contribution < 1.29 is 14.4 Å². The first-order chi connectivity index (χ1) is 20.6. The summed E-state index contributed by atoms with van der Waals surface area (Å²) in [5, 5.41) is 12.5. The highest BCUT2D eigenvalue weighted by molar-refractivity contribution is 6.43. The summed E-state index contributed by atoms with van der Waals surface area (Å²) in [4.78, 5) is 44.7. The van der Waals surface area contributed by atoms with Gasteiger partial charge in [-0.15, -0.1) is 0 Å². The van der Waals surface area contributed by atoms with Crippen LogP contribution in [0.15, 0.2) is 88.0 Å². The minimum absolute atomic E-state index is 0.0579. The summed E-state index contributed by atoms with van der Waals surface area (Å²) in [5.41, 5.74) is 4.13. The zero-order valence-corrected chi connectivity index (χ0v) is 25.3. The van der Waals surface area contributed by atoms with Gasteiger partial charge < -0.3 is 0 Å². The van der Waals surface area contributed by atoms with Crippen LogP contribution in [-0.4, -0.2) is 29.6 Å². The minimum Gasteiger partial charge on any atom is -0.276 e. The molecular formula is C30H20Cl4N6O3. The number of hydrazine groups is 1. The number of hydrogen-bond donors (Lipinski definition) is 1. The average Bonchev–Trinajstić information content (AvgIpc) is 3.40. The lowest BCUT2D eigenvalue weighted by Gasteiger charge is -2.19. The van der Waals surface area contributed by atoms with Crippen LogP contribution in [0.3, 0.4) is 0 Å². The van der Waals surface area contributed by atoms with E-state index < -0.39 is 17.9 Å². The van der Waals surface area contributed by atoms with Crippen molar-refractivity contribution in [3.05, 3.63) is 92.9 Å². The zero-order valence-electron chi connectivity index (χ0n) is 22.3. The summed E-state index contributed by atoms with van der Waals surface area (Å²) in [6, 6.07) is 19.4. The van der Waals surface area contributed by atoms with E-state index in [0.717, 1.165) is 20.7 Å². The van der Waals surface area contributed by atoms with Gasteiger partial charge in [-0.3, -0.25) is 24.7 Å². The number of anilines is 2. The van der Waals surface area contributed by atoms with Gasteiger partial charge in [-0.25, -0.2) is 10.0 Å². The number of rotatable bonds is 5. The number of carbonyl (C=O) groups is 3. The number of nitrogens with one attached hydrogen (secondary N) is 1. The molecule has 216 valence electrons. The van der Waals surface area contributed by atoms with Gasteiger partial charge in [0.05, 0.1) is 32.1 Å². The molecule has 0 aromatic heterocycles. The summed E-state index contributed by atoms with van der Waals surface area (Å²) < 4.78 is 0. The molecule has 2 fully saturated rings. The third kappa shape index (κ3) is 5.45. The van der Waals surface area contributed by atoms with Crippen LogP contribution < -0.4 is 15.3 Å². The zero-order chi connectivity index (χ0) is 30.4. The number of carbonyl (C=O) groups excluding carboxylic acids is 3. The van der Waals surface area contributed by atoms with Crippen molar-refractivity contribution >= 4 is 103 Å². The molecule has 6 rings (SSSR count). The molecule has 0 radical (unpaired) electrons. The quantitative estimate of drug-likeness (QED) is 0.173. The Hall–Kier alpha value is -4.02. The number of azo groups is 1. The Balaban J connectivity index is 1.44. The smallest absolute Gasteiger partial charge is 0.276 e. The van der Waals surface area contributed by atoms with E-state index in [1.165, 1.54) is 24.3 Å². The number of amides is 3. The molecular weight excluding hydrogens is 634 g/mol. The molecule has 2 atom stereocenters. The topological polar surface area (TPSA) is 107 Å². The highest BCUT2D eigenvalue weighted by atomic mass is 35.5. The lowest BCUT2D eigenvalue weighted by Crippen LogP contribution is -2.36. The van der Waals surface area contributed by atoms with Gasteiger partial charge in [-0.05, 0) is 41.8 Å². The molecule has 2 aliphatic heterocycles. The molecule has 0 spiro atoms. The highest BCUT2D eigenvalue weighted by Crippen LogP contribution is 2.39. The molecule has 43 heavy (non-hydrogen) atoms. The van der Waals surface area contributed by atoms with Crippen LogP contribution >= 0.6 is 46.4 Å². The van der Waals surface area contributed by atoms with Crippen molar-refractivity contribution in [2.24, 2.45) is 21.1 Å². The molecule has 2 saturated heterocycles.